The van der Waals surface area contributed by atoms with Gasteiger partial charge in [-0.15, -0.1) is 11.3 Å². The molecule has 1 atom stereocenters. The van der Waals surface area contributed by atoms with Gasteiger partial charge < -0.3 is 5.11 Å². The Morgan fingerprint density at radius 2 is 2.22 bits per heavy atom. The van der Waals surface area contributed by atoms with Gasteiger partial charge in [0.2, 0.25) is 0 Å². The fraction of sp³-hybridized carbons (Fsp3) is 0.643. The van der Waals surface area contributed by atoms with Gasteiger partial charge in [0.15, 0.2) is 0 Å². The minimum Gasteiger partial charge on any atom is -0.387 e. The van der Waals surface area contributed by atoms with E-state index in [-0.39, 0.29) is 6.10 Å². The standard InChI is InChI=1S/C14H18N2OS/c17-11(6-9-2-1-3-9)13-14(10-4-5-10)18-12-7-15-8-16(12)13/h7-11,17H,1-6H2. The highest BCUT2D eigenvalue weighted by molar-refractivity contribution is 7.17. The predicted molar refractivity (Wildman–Crippen MR) is 72.0 cm³/mol. The Kier molecular flexibility index (Phi) is 2.49. The van der Waals surface area contributed by atoms with Gasteiger partial charge in [0.1, 0.15) is 11.2 Å². The molecule has 0 amide bonds. The highest BCUT2D eigenvalue weighted by Gasteiger charge is 2.33. The molecule has 2 aromatic rings. The normalized spacial score (nSPS) is 22.3. The van der Waals surface area contributed by atoms with Gasteiger partial charge in [-0.1, -0.05) is 19.3 Å². The molecule has 0 spiro atoms. The first-order valence-corrected chi connectivity index (χ1v) is 7.77. The largest absolute Gasteiger partial charge is 0.387 e. The van der Waals surface area contributed by atoms with Crippen molar-refractivity contribution in [2.24, 2.45) is 5.92 Å². The summed E-state index contributed by atoms with van der Waals surface area (Å²) in [6, 6.07) is 0. The van der Waals surface area contributed by atoms with Gasteiger partial charge in [-0.05, 0) is 31.1 Å². The highest BCUT2D eigenvalue weighted by Crippen LogP contribution is 2.48. The number of hydrogen-bond donors (Lipinski definition) is 1. The number of aromatic nitrogens is 2. The van der Waals surface area contributed by atoms with Crippen LogP contribution in [0.25, 0.3) is 4.83 Å². The van der Waals surface area contributed by atoms with Crippen LogP contribution in [-0.4, -0.2) is 14.5 Å². The van der Waals surface area contributed by atoms with Crippen LogP contribution in [0.1, 0.15) is 61.1 Å². The van der Waals surface area contributed by atoms with Crippen molar-refractivity contribution >= 4 is 16.2 Å². The van der Waals surface area contributed by atoms with Crippen molar-refractivity contribution in [1.29, 1.82) is 0 Å². The lowest BCUT2D eigenvalue weighted by molar-refractivity contribution is 0.113. The van der Waals surface area contributed by atoms with E-state index in [9.17, 15) is 5.11 Å². The van der Waals surface area contributed by atoms with E-state index >= 15 is 0 Å². The van der Waals surface area contributed by atoms with E-state index in [0.717, 1.165) is 18.0 Å². The Morgan fingerprint density at radius 3 is 2.89 bits per heavy atom. The number of nitrogens with zero attached hydrogens (tertiary/aromatic N) is 2. The zero-order valence-corrected chi connectivity index (χ0v) is 11.2. The van der Waals surface area contributed by atoms with Crippen molar-refractivity contribution in [3.8, 4) is 0 Å². The molecule has 3 nitrogen and oxygen atoms in total. The first-order valence-electron chi connectivity index (χ1n) is 6.95. The Labute approximate surface area is 110 Å². The molecular weight excluding hydrogens is 244 g/mol. The Balaban J connectivity index is 1.70. The van der Waals surface area contributed by atoms with Crippen molar-refractivity contribution in [1.82, 2.24) is 9.38 Å². The van der Waals surface area contributed by atoms with Crippen LogP contribution in [-0.2, 0) is 0 Å². The Bertz CT molecular complexity index is 565. The molecule has 2 saturated carbocycles. The van der Waals surface area contributed by atoms with Gasteiger partial charge in [-0.3, -0.25) is 4.40 Å². The van der Waals surface area contributed by atoms with Crippen LogP contribution >= 0.6 is 11.3 Å². The van der Waals surface area contributed by atoms with Crippen molar-refractivity contribution in [3.05, 3.63) is 23.1 Å². The molecule has 0 aromatic carbocycles. The zero-order valence-electron chi connectivity index (χ0n) is 10.4. The van der Waals surface area contributed by atoms with Gasteiger partial charge in [0.05, 0.1) is 18.0 Å². The highest BCUT2D eigenvalue weighted by atomic mass is 32.1. The second-order valence-corrected chi connectivity index (χ2v) is 6.84. The first-order chi connectivity index (χ1) is 8.83. The number of aliphatic hydroxyl groups is 1. The predicted octanol–water partition coefficient (Wildman–Crippen LogP) is 3.50. The number of thiazole rings is 1. The van der Waals surface area contributed by atoms with Gasteiger partial charge in [0.25, 0.3) is 0 Å². The molecule has 0 aliphatic heterocycles. The Hall–Kier alpha value is -0.870. The Morgan fingerprint density at radius 1 is 1.39 bits per heavy atom. The molecule has 4 rings (SSSR count). The molecule has 18 heavy (non-hydrogen) atoms. The molecule has 2 aliphatic carbocycles. The van der Waals surface area contributed by atoms with E-state index in [4.69, 9.17) is 0 Å². The van der Waals surface area contributed by atoms with Crippen LogP contribution < -0.4 is 0 Å². The van der Waals surface area contributed by atoms with Crippen LogP contribution in [0.3, 0.4) is 0 Å². The van der Waals surface area contributed by atoms with E-state index in [1.807, 2.05) is 23.9 Å². The SMILES string of the molecule is OC(CC1CCC1)c1c(C2CC2)sc2cncn12. The summed E-state index contributed by atoms with van der Waals surface area (Å²) >= 11 is 1.82. The maximum absolute atomic E-state index is 10.6. The van der Waals surface area contributed by atoms with Gasteiger partial charge in [0, 0.05) is 4.88 Å². The fourth-order valence-electron chi connectivity index (χ4n) is 2.94. The maximum Gasteiger partial charge on any atom is 0.120 e. The van der Waals surface area contributed by atoms with E-state index < -0.39 is 0 Å². The number of aliphatic hydroxyl groups excluding tert-OH is 1. The molecule has 2 aliphatic rings. The summed E-state index contributed by atoms with van der Waals surface area (Å²) in [5, 5.41) is 10.6. The van der Waals surface area contributed by atoms with Crippen molar-refractivity contribution < 1.29 is 5.11 Å². The third-order valence-electron chi connectivity index (χ3n) is 4.38. The minimum absolute atomic E-state index is 0.297. The number of rotatable bonds is 4. The molecule has 0 radical (unpaired) electrons. The summed E-state index contributed by atoms with van der Waals surface area (Å²) in [5.41, 5.74) is 1.14. The smallest absolute Gasteiger partial charge is 0.120 e. The molecule has 1 N–H and O–H groups in total. The molecule has 0 bridgehead atoms. The summed E-state index contributed by atoms with van der Waals surface area (Å²) in [6.45, 7) is 0. The molecule has 0 saturated heterocycles. The van der Waals surface area contributed by atoms with E-state index in [0.29, 0.717) is 5.92 Å². The molecule has 2 aromatic heterocycles. The van der Waals surface area contributed by atoms with Gasteiger partial charge >= 0.3 is 0 Å². The monoisotopic (exact) mass is 262 g/mol. The van der Waals surface area contributed by atoms with Gasteiger partial charge in [-0.2, -0.15) is 0 Å². The summed E-state index contributed by atoms with van der Waals surface area (Å²) in [4.78, 5) is 6.80. The fourth-order valence-corrected chi connectivity index (χ4v) is 4.27. The molecule has 96 valence electrons. The van der Waals surface area contributed by atoms with Crippen LogP contribution in [0.15, 0.2) is 12.5 Å². The van der Waals surface area contributed by atoms with E-state index in [2.05, 4.69) is 9.38 Å². The average molecular weight is 262 g/mol. The molecule has 2 heterocycles. The number of fused-ring (bicyclic) bond motifs is 1. The van der Waals surface area contributed by atoms with Gasteiger partial charge in [-0.25, -0.2) is 4.98 Å². The summed E-state index contributed by atoms with van der Waals surface area (Å²) < 4.78 is 2.11. The molecule has 2 fully saturated rings. The maximum atomic E-state index is 10.6. The average Bonchev–Trinajstić information content (AvgIpc) is 2.93. The van der Waals surface area contributed by atoms with Crippen molar-refractivity contribution in [3.63, 3.8) is 0 Å². The van der Waals surface area contributed by atoms with Crippen LogP contribution in [0.5, 0.6) is 0 Å². The third-order valence-corrected chi connectivity index (χ3v) is 5.65. The zero-order chi connectivity index (χ0) is 12.1. The van der Waals surface area contributed by atoms with Crippen LogP contribution in [0.2, 0.25) is 0 Å². The number of imidazole rings is 1. The quantitative estimate of drug-likeness (QED) is 0.915. The molecule has 1 unspecified atom stereocenters. The third kappa shape index (κ3) is 1.70. The topological polar surface area (TPSA) is 37.5 Å². The minimum atomic E-state index is -0.297. The first kappa shape index (κ1) is 11.0. The van der Waals surface area contributed by atoms with Crippen molar-refractivity contribution in [2.75, 3.05) is 0 Å². The molecular formula is C14H18N2OS. The summed E-state index contributed by atoms with van der Waals surface area (Å²) in [5.74, 6) is 1.45. The van der Waals surface area contributed by atoms with E-state index in [1.165, 1.54) is 41.8 Å². The lowest BCUT2D eigenvalue weighted by Crippen LogP contribution is -2.16. The summed E-state index contributed by atoms with van der Waals surface area (Å²) in [7, 11) is 0. The lowest BCUT2D eigenvalue weighted by atomic mass is 9.81. The second-order valence-electron chi connectivity index (χ2n) is 5.78. The lowest BCUT2D eigenvalue weighted by Gasteiger charge is -2.27. The second kappa shape index (κ2) is 4.07. The summed E-state index contributed by atoms with van der Waals surface area (Å²) in [6.07, 6.45) is 10.9. The van der Waals surface area contributed by atoms with Crippen molar-refractivity contribution in [2.45, 2.75) is 50.5 Å². The van der Waals surface area contributed by atoms with Crippen LogP contribution in [0.4, 0.5) is 0 Å². The number of hydrogen-bond acceptors (Lipinski definition) is 3. The van der Waals surface area contributed by atoms with Crippen LogP contribution in [0, 0.1) is 5.92 Å². The molecule has 4 heteroatoms. The van der Waals surface area contributed by atoms with E-state index in [1.54, 1.807) is 0 Å².